The lowest BCUT2D eigenvalue weighted by Crippen LogP contribution is -2.57. The fourth-order valence-electron chi connectivity index (χ4n) is 7.99. The molecule has 0 unspecified atom stereocenters. The normalized spacial score (nSPS) is 12.7. The molecular formula is C39H28BNOS. The summed E-state index contributed by atoms with van der Waals surface area (Å²) in [5.41, 5.74) is 13.6. The Bertz CT molecular complexity index is 2520. The van der Waals surface area contributed by atoms with Crippen molar-refractivity contribution in [3.8, 4) is 16.8 Å². The smallest absolute Gasteiger partial charge is 0.269 e. The van der Waals surface area contributed by atoms with E-state index in [0.717, 1.165) is 15.9 Å². The molecular weight excluding hydrogens is 541 g/mol. The largest absolute Gasteiger partial charge is 0.312 e. The van der Waals surface area contributed by atoms with E-state index in [0.29, 0.717) is 0 Å². The topological polar surface area (TPSA) is 22.0 Å². The van der Waals surface area contributed by atoms with Gasteiger partial charge in [0.05, 0.1) is 5.52 Å². The van der Waals surface area contributed by atoms with Gasteiger partial charge in [0.15, 0.2) is 0 Å². The lowest BCUT2D eigenvalue weighted by molar-refractivity contribution is 1.09. The Morgan fingerprint density at radius 1 is 0.581 bits per heavy atom. The first-order valence-electron chi connectivity index (χ1n) is 15.0. The SMILES string of the molecule is Cc1c(C)c(C)c2c3cc4c5c6c(ccc(c2c1C)c36)sc(=O)n5-c1ccccc1B4c1ccccc1-c1ccccc1. The number of nitrogens with zero attached hydrogens (tertiary/aromatic N) is 1. The second kappa shape index (κ2) is 8.69. The lowest BCUT2D eigenvalue weighted by Gasteiger charge is -2.30. The van der Waals surface area contributed by atoms with Gasteiger partial charge in [-0.25, -0.2) is 0 Å². The van der Waals surface area contributed by atoms with E-state index in [1.807, 2.05) is 4.57 Å². The monoisotopic (exact) mass is 569 g/mol. The highest BCUT2D eigenvalue weighted by Gasteiger charge is 2.36. The Labute approximate surface area is 254 Å². The Kier molecular flexibility index (Phi) is 5.03. The highest BCUT2D eigenvalue weighted by atomic mass is 32.1. The first-order chi connectivity index (χ1) is 21.0. The quantitative estimate of drug-likeness (QED) is 0.196. The minimum absolute atomic E-state index is 0.0242. The fraction of sp³-hybridized carbons (Fsp3) is 0.103. The summed E-state index contributed by atoms with van der Waals surface area (Å²) in [6, 6.07) is 34.9. The summed E-state index contributed by atoms with van der Waals surface area (Å²) in [5, 5.41) is 7.83. The zero-order chi connectivity index (χ0) is 29.1. The molecule has 204 valence electrons. The first-order valence-corrected chi connectivity index (χ1v) is 15.8. The average Bonchev–Trinajstić information content (AvgIpc) is 3.38. The summed E-state index contributed by atoms with van der Waals surface area (Å²) in [6.07, 6.45) is 0. The van der Waals surface area contributed by atoms with Crippen molar-refractivity contribution >= 4 is 77.0 Å². The second-order valence-electron chi connectivity index (χ2n) is 12.1. The van der Waals surface area contributed by atoms with Crippen LogP contribution in [-0.2, 0) is 0 Å². The number of rotatable bonds is 2. The molecule has 2 heterocycles. The summed E-state index contributed by atoms with van der Waals surface area (Å²) in [7, 11) is 0. The summed E-state index contributed by atoms with van der Waals surface area (Å²) in [6.45, 7) is 9.05. The van der Waals surface area contributed by atoms with E-state index in [4.69, 9.17) is 0 Å². The Balaban J connectivity index is 1.54. The van der Waals surface area contributed by atoms with Crippen LogP contribution in [0.15, 0.2) is 102 Å². The van der Waals surface area contributed by atoms with Crippen LogP contribution in [0.3, 0.4) is 0 Å². The minimum Gasteiger partial charge on any atom is -0.269 e. The first kappa shape index (κ1) is 24.9. The van der Waals surface area contributed by atoms with Crippen LogP contribution < -0.4 is 21.3 Å². The molecule has 0 radical (unpaired) electrons. The maximum Gasteiger partial charge on any atom is 0.312 e. The minimum atomic E-state index is -0.0242. The van der Waals surface area contributed by atoms with E-state index in [9.17, 15) is 4.79 Å². The zero-order valence-corrected chi connectivity index (χ0v) is 25.4. The number of hydrogen-bond acceptors (Lipinski definition) is 2. The van der Waals surface area contributed by atoms with E-state index < -0.39 is 0 Å². The van der Waals surface area contributed by atoms with Crippen molar-refractivity contribution in [2.45, 2.75) is 27.7 Å². The molecule has 7 aromatic carbocycles. The molecule has 2 nitrogen and oxygen atoms in total. The lowest BCUT2D eigenvalue weighted by atomic mass is 9.34. The van der Waals surface area contributed by atoms with Gasteiger partial charge in [-0.05, 0) is 106 Å². The van der Waals surface area contributed by atoms with Gasteiger partial charge < -0.3 is 0 Å². The molecule has 1 aliphatic heterocycles. The van der Waals surface area contributed by atoms with Crippen LogP contribution in [-0.4, -0.2) is 11.3 Å². The summed E-state index contributed by atoms with van der Waals surface area (Å²) < 4.78 is 3.07. The van der Waals surface area contributed by atoms with Crippen molar-refractivity contribution in [2.75, 3.05) is 0 Å². The maximum atomic E-state index is 14.0. The summed E-state index contributed by atoms with van der Waals surface area (Å²) in [5.74, 6) is 0. The van der Waals surface area contributed by atoms with Gasteiger partial charge in [0.2, 0.25) is 6.71 Å². The molecule has 0 bridgehead atoms. The number of para-hydroxylation sites is 1. The number of hydrogen-bond donors (Lipinski definition) is 0. The van der Waals surface area contributed by atoms with Gasteiger partial charge in [0.1, 0.15) is 0 Å². The predicted octanol–water partition coefficient (Wildman–Crippen LogP) is 7.68. The highest BCUT2D eigenvalue weighted by molar-refractivity contribution is 7.16. The maximum absolute atomic E-state index is 14.0. The van der Waals surface area contributed by atoms with Gasteiger partial charge in [-0.1, -0.05) is 102 Å². The third kappa shape index (κ3) is 3.11. The average molecular weight is 570 g/mol. The molecule has 0 amide bonds. The van der Waals surface area contributed by atoms with Gasteiger partial charge >= 0.3 is 4.87 Å². The Morgan fingerprint density at radius 2 is 1.23 bits per heavy atom. The van der Waals surface area contributed by atoms with Crippen molar-refractivity contribution in [1.29, 1.82) is 0 Å². The molecule has 0 atom stereocenters. The third-order valence-corrected chi connectivity index (χ3v) is 11.1. The standard InChI is InChI=1S/C39H28BNOS/c1-21-22(2)24(4)35-28-20-31-38-37-33(19-18-27(36(28)37)34(35)23(21)3)43-39(42)41(38)32-17-11-10-16-30(32)40(31)29-15-9-8-14-26(29)25-12-6-5-7-13-25/h5-20H,1-4H3. The number of fused-ring (bicyclic) bond motifs is 5. The second-order valence-corrected chi connectivity index (χ2v) is 13.1. The van der Waals surface area contributed by atoms with Gasteiger partial charge in [-0.3, -0.25) is 9.36 Å². The predicted molar refractivity (Wildman–Crippen MR) is 187 cm³/mol. The molecule has 0 aliphatic carbocycles. The number of aromatic nitrogens is 1. The van der Waals surface area contributed by atoms with Gasteiger partial charge in [0.25, 0.3) is 0 Å². The van der Waals surface area contributed by atoms with Crippen molar-refractivity contribution in [3.05, 3.63) is 129 Å². The van der Waals surface area contributed by atoms with Crippen molar-refractivity contribution in [1.82, 2.24) is 4.57 Å². The van der Waals surface area contributed by atoms with E-state index in [1.54, 1.807) is 0 Å². The van der Waals surface area contributed by atoms with Crippen molar-refractivity contribution < 1.29 is 0 Å². The summed E-state index contributed by atoms with van der Waals surface area (Å²) in [4.78, 5) is 14.1. The molecule has 43 heavy (non-hydrogen) atoms. The van der Waals surface area contributed by atoms with Gasteiger partial charge in [-0.15, -0.1) is 0 Å². The fourth-order valence-corrected chi connectivity index (χ4v) is 8.90. The van der Waals surface area contributed by atoms with Crippen LogP contribution >= 0.6 is 11.3 Å². The molecule has 0 fully saturated rings. The van der Waals surface area contributed by atoms with E-state index in [1.165, 1.54) is 93.4 Å². The van der Waals surface area contributed by atoms with Crippen LogP contribution in [0, 0.1) is 27.7 Å². The molecule has 4 heteroatoms. The van der Waals surface area contributed by atoms with E-state index in [-0.39, 0.29) is 11.6 Å². The zero-order valence-electron chi connectivity index (χ0n) is 24.6. The van der Waals surface area contributed by atoms with Crippen LogP contribution in [0.4, 0.5) is 0 Å². The van der Waals surface area contributed by atoms with E-state index in [2.05, 4.69) is 125 Å². The summed E-state index contributed by atoms with van der Waals surface area (Å²) >= 11 is 1.37. The number of benzene rings is 6. The van der Waals surface area contributed by atoms with Crippen molar-refractivity contribution in [3.63, 3.8) is 0 Å². The van der Waals surface area contributed by atoms with E-state index >= 15 is 0 Å². The van der Waals surface area contributed by atoms with Crippen LogP contribution in [0.1, 0.15) is 22.3 Å². The highest BCUT2D eigenvalue weighted by Crippen LogP contribution is 2.46. The van der Waals surface area contributed by atoms with Crippen molar-refractivity contribution in [2.24, 2.45) is 0 Å². The molecule has 0 N–H and O–H groups in total. The third-order valence-electron chi connectivity index (χ3n) is 10.2. The Hall–Kier alpha value is -4.67. The molecule has 0 spiro atoms. The van der Waals surface area contributed by atoms with Gasteiger partial charge in [0, 0.05) is 21.2 Å². The molecule has 1 aromatic heterocycles. The Morgan fingerprint density at radius 3 is 2.00 bits per heavy atom. The van der Waals surface area contributed by atoms with Crippen LogP contribution in [0.25, 0.3) is 59.3 Å². The molecule has 9 rings (SSSR count). The molecule has 8 aromatic rings. The van der Waals surface area contributed by atoms with Gasteiger partial charge in [-0.2, -0.15) is 0 Å². The van der Waals surface area contributed by atoms with Crippen LogP contribution in [0.2, 0.25) is 0 Å². The molecule has 0 saturated heterocycles. The number of aryl methyl sites for hydroxylation is 2. The molecule has 0 saturated carbocycles. The molecule has 1 aliphatic rings. The van der Waals surface area contributed by atoms with Crippen LogP contribution in [0.5, 0.6) is 0 Å².